The van der Waals surface area contributed by atoms with Crippen molar-refractivity contribution in [2.45, 2.75) is 46.7 Å². The number of guanidine groups is 1. The molecule has 0 saturated heterocycles. The third-order valence-corrected chi connectivity index (χ3v) is 3.96. The molecule has 0 saturated carbocycles. The van der Waals surface area contributed by atoms with E-state index in [1.807, 2.05) is 12.5 Å². The van der Waals surface area contributed by atoms with Gasteiger partial charge in [0.15, 0.2) is 5.96 Å². The average molecular weight is 342 g/mol. The first-order valence-electron chi connectivity index (χ1n) is 9.23. The van der Waals surface area contributed by atoms with E-state index >= 15 is 0 Å². The van der Waals surface area contributed by atoms with Crippen molar-refractivity contribution >= 4 is 5.96 Å². The fourth-order valence-corrected chi connectivity index (χ4v) is 2.57. The number of hydrogen-bond donors (Lipinski definition) is 2. The number of nitrogens with one attached hydrogen (secondary N) is 2. The van der Waals surface area contributed by atoms with E-state index in [0.29, 0.717) is 6.54 Å². The molecule has 0 unspecified atom stereocenters. The number of nitrogens with zero attached hydrogens (tertiary/aromatic N) is 3. The highest BCUT2D eigenvalue weighted by molar-refractivity contribution is 5.79. The lowest BCUT2D eigenvalue weighted by atomic mass is 10.1. The molecule has 0 aliphatic rings. The molecule has 2 N–H and O–H groups in total. The summed E-state index contributed by atoms with van der Waals surface area (Å²) in [4.78, 5) is 8.76. The van der Waals surface area contributed by atoms with Gasteiger partial charge >= 0.3 is 0 Å². The van der Waals surface area contributed by atoms with Gasteiger partial charge in [0, 0.05) is 32.0 Å². The van der Waals surface area contributed by atoms with E-state index in [1.165, 1.54) is 24.0 Å². The van der Waals surface area contributed by atoms with Crippen LogP contribution in [-0.2, 0) is 13.1 Å². The van der Waals surface area contributed by atoms with E-state index in [9.17, 15) is 0 Å². The zero-order valence-electron chi connectivity index (χ0n) is 15.7. The number of rotatable bonds is 9. The Morgan fingerprint density at radius 1 is 1.16 bits per heavy atom. The highest BCUT2D eigenvalue weighted by Crippen LogP contribution is 2.07. The van der Waals surface area contributed by atoms with Crippen molar-refractivity contribution in [2.75, 3.05) is 13.1 Å². The maximum atomic E-state index is 4.68. The monoisotopic (exact) mass is 341 g/mol. The molecule has 136 valence electrons. The van der Waals surface area contributed by atoms with Crippen molar-refractivity contribution in [2.24, 2.45) is 10.9 Å². The summed E-state index contributed by atoms with van der Waals surface area (Å²) in [5.41, 5.74) is 2.48. The van der Waals surface area contributed by atoms with Crippen LogP contribution in [0.5, 0.6) is 0 Å². The van der Waals surface area contributed by atoms with Gasteiger partial charge in [-0.15, -0.1) is 0 Å². The number of benzene rings is 1. The molecule has 2 aromatic rings. The van der Waals surface area contributed by atoms with Gasteiger partial charge in [0.1, 0.15) is 0 Å². The lowest BCUT2D eigenvalue weighted by Gasteiger charge is -2.12. The van der Waals surface area contributed by atoms with Gasteiger partial charge in [-0.1, -0.05) is 38.1 Å². The quantitative estimate of drug-likeness (QED) is 0.417. The average Bonchev–Trinajstić information content (AvgIpc) is 3.10. The molecule has 25 heavy (non-hydrogen) atoms. The van der Waals surface area contributed by atoms with Crippen LogP contribution in [0, 0.1) is 5.92 Å². The number of hydrogen-bond acceptors (Lipinski definition) is 2. The van der Waals surface area contributed by atoms with E-state index < -0.39 is 0 Å². The van der Waals surface area contributed by atoms with Crippen LogP contribution in [0.15, 0.2) is 48.0 Å². The minimum absolute atomic E-state index is 0.685. The first-order chi connectivity index (χ1) is 12.2. The fraction of sp³-hybridized carbons (Fsp3) is 0.500. The second-order valence-corrected chi connectivity index (χ2v) is 6.71. The molecular weight excluding hydrogens is 310 g/mol. The Morgan fingerprint density at radius 3 is 2.56 bits per heavy atom. The molecule has 5 nitrogen and oxygen atoms in total. The van der Waals surface area contributed by atoms with Crippen LogP contribution in [0.4, 0.5) is 0 Å². The van der Waals surface area contributed by atoms with Gasteiger partial charge in [-0.3, -0.25) is 0 Å². The highest BCUT2D eigenvalue weighted by atomic mass is 15.2. The minimum atomic E-state index is 0.685. The predicted molar refractivity (Wildman–Crippen MR) is 105 cm³/mol. The SMILES string of the molecule is CCNC(=NCc1ccc(Cn2ccnc2)cc1)NCCCC(C)C. The molecular formula is C20H31N5. The van der Waals surface area contributed by atoms with Gasteiger partial charge in [0.05, 0.1) is 12.9 Å². The first-order valence-corrected chi connectivity index (χ1v) is 9.23. The van der Waals surface area contributed by atoms with Crippen LogP contribution in [0.1, 0.15) is 44.7 Å². The zero-order chi connectivity index (χ0) is 17.9. The Hall–Kier alpha value is -2.30. The van der Waals surface area contributed by atoms with Crippen LogP contribution in [0.3, 0.4) is 0 Å². The molecule has 1 aromatic heterocycles. The molecule has 0 aliphatic carbocycles. The van der Waals surface area contributed by atoms with E-state index in [4.69, 9.17) is 0 Å². The molecule has 2 rings (SSSR count). The van der Waals surface area contributed by atoms with Crippen molar-refractivity contribution in [3.05, 3.63) is 54.1 Å². The molecule has 0 spiro atoms. The second kappa shape index (κ2) is 10.5. The van der Waals surface area contributed by atoms with Gasteiger partial charge < -0.3 is 15.2 Å². The summed E-state index contributed by atoms with van der Waals surface area (Å²) in [6.45, 7) is 9.99. The Kier molecular flexibility index (Phi) is 8.02. The summed E-state index contributed by atoms with van der Waals surface area (Å²) in [6.07, 6.45) is 8.03. The van der Waals surface area contributed by atoms with Crippen LogP contribution < -0.4 is 10.6 Å². The van der Waals surface area contributed by atoms with Crippen molar-refractivity contribution in [3.8, 4) is 0 Å². The normalized spacial score (nSPS) is 11.8. The second-order valence-electron chi connectivity index (χ2n) is 6.71. The summed E-state index contributed by atoms with van der Waals surface area (Å²) >= 11 is 0. The lowest BCUT2D eigenvalue weighted by Crippen LogP contribution is -2.37. The van der Waals surface area contributed by atoms with Gasteiger partial charge in [-0.25, -0.2) is 9.98 Å². The largest absolute Gasteiger partial charge is 0.357 e. The van der Waals surface area contributed by atoms with E-state index in [2.05, 4.69) is 70.2 Å². The van der Waals surface area contributed by atoms with E-state index in [0.717, 1.165) is 31.5 Å². The van der Waals surface area contributed by atoms with Crippen molar-refractivity contribution < 1.29 is 0 Å². The van der Waals surface area contributed by atoms with Crippen molar-refractivity contribution in [1.29, 1.82) is 0 Å². The highest BCUT2D eigenvalue weighted by Gasteiger charge is 2.00. The van der Waals surface area contributed by atoms with Crippen LogP contribution in [0.25, 0.3) is 0 Å². The summed E-state index contributed by atoms with van der Waals surface area (Å²) in [5.74, 6) is 1.65. The molecule has 0 atom stereocenters. The molecule has 0 aliphatic heterocycles. The zero-order valence-corrected chi connectivity index (χ0v) is 15.7. The Balaban J connectivity index is 1.84. The summed E-state index contributed by atoms with van der Waals surface area (Å²) in [5, 5.41) is 6.73. The number of imidazole rings is 1. The van der Waals surface area contributed by atoms with E-state index in [1.54, 1.807) is 6.20 Å². The Morgan fingerprint density at radius 2 is 1.92 bits per heavy atom. The molecule has 0 bridgehead atoms. The van der Waals surface area contributed by atoms with Crippen LogP contribution in [-0.4, -0.2) is 28.6 Å². The third kappa shape index (κ3) is 7.42. The van der Waals surface area contributed by atoms with Crippen molar-refractivity contribution in [1.82, 2.24) is 20.2 Å². The first kappa shape index (κ1) is 19.0. The smallest absolute Gasteiger partial charge is 0.191 e. The van der Waals surface area contributed by atoms with Crippen LogP contribution in [0.2, 0.25) is 0 Å². The maximum Gasteiger partial charge on any atom is 0.191 e. The molecule has 1 aromatic carbocycles. The topological polar surface area (TPSA) is 54.2 Å². The van der Waals surface area contributed by atoms with Gasteiger partial charge in [-0.2, -0.15) is 0 Å². The fourth-order valence-electron chi connectivity index (χ4n) is 2.57. The molecule has 0 radical (unpaired) electrons. The summed E-state index contributed by atoms with van der Waals surface area (Å²) in [6, 6.07) is 8.62. The van der Waals surface area contributed by atoms with Gasteiger partial charge in [-0.05, 0) is 36.8 Å². The third-order valence-electron chi connectivity index (χ3n) is 3.96. The number of aliphatic imine (C=N–C) groups is 1. The predicted octanol–water partition coefficient (Wildman–Crippen LogP) is 3.42. The van der Waals surface area contributed by atoms with Gasteiger partial charge in [0.2, 0.25) is 0 Å². The van der Waals surface area contributed by atoms with E-state index in [-0.39, 0.29) is 0 Å². The Labute approximate surface area is 151 Å². The standard InChI is InChI=1S/C20H31N5/c1-4-22-20(23-11-5-6-17(2)3)24-14-18-7-9-19(10-8-18)15-25-13-12-21-16-25/h7-10,12-13,16-17H,4-6,11,14-15H2,1-3H3,(H2,22,23,24). The molecule has 1 heterocycles. The molecule has 0 amide bonds. The molecule has 0 fully saturated rings. The van der Waals surface area contributed by atoms with Crippen LogP contribution >= 0.6 is 0 Å². The lowest BCUT2D eigenvalue weighted by molar-refractivity contribution is 0.549. The number of aromatic nitrogens is 2. The minimum Gasteiger partial charge on any atom is -0.357 e. The molecule has 5 heteroatoms. The van der Waals surface area contributed by atoms with Gasteiger partial charge in [0.25, 0.3) is 0 Å². The summed E-state index contributed by atoms with van der Waals surface area (Å²) < 4.78 is 2.07. The Bertz CT molecular complexity index is 614. The summed E-state index contributed by atoms with van der Waals surface area (Å²) in [7, 11) is 0. The van der Waals surface area contributed by atoms with Crippen molar-refractivity contribution in [3.63, 3.8) is 0 Å². The maximum absolute atomic E-state index is 4.68.